The van der Waals surface area contributed by atoms with E-state index in [0.717, 1.165) is 0 Å². The molecule has 80 valence electrons. The maximum Gasteiger partial charge on any atom is 0.337 e. The smallest absolute Gasteiger partial charge is 0.337 e. The Kier molecular flexibility index (Phi) is 2.59. The summed E-state index contributed by atoms with van der Waals surface area (Å²) in [4.78, 5) is 18.1. The Labute approximate surface area is 90.4 Å². The van der Waals surface area contributed by atoms with Crippen molar-refractivity contribution in [2.24, 2.45) is 0 Å². The largest absolute Gasteiger partial charge is 0.478 e. The van der Waals surface area contributed by atoms with Crippen molar-refractivity contribution in [3.63, 3.8) is 0 Å². The summed E-state index contributed by atoms with van der Waals surface area (Å²) < 4.78 is 12.9. The number of nitrogens with zero attached hydrogens (tertiary/aromatic N) is 2. The van der Waals surface area contributed by atoms with E-state index >= 15 is 0 Å². The molecule has 0 spiro atoms. The van der Waals surface area contributed by atoms with Crippen molar-refractivity contribution >= 4 is 5.97 Å². The molecule has 4 nitrogen and oxygen atoms in total. The average Bonchev–Trinajstić information content (AvgIpc) is 2.29. The molecule has 2 aromatic heterocycles. The van der Waals surface area contributed by atoms with Crippen LogP contribution in [0, 0.1) is 5.95 Å². The molecule has 0 aliphatic rings. The highest BCUT2D eigenvalue weighted by atomic mass is 19.1. The number of aromatic carboxylic acids is 1. The molecule has 5 heteroatoms. The van der Waals surface area contributed by atoms with Crippen LogP contribution in [0.5, 0.6) is 0 Å². The molecule has 0 saturated carbocycles. The third kappa shape index (κ3) is 2.03. The summed E-state index contributed by atoms with van der Waals surface area (Å²) in [6.07, 6.45) is 2.67. The predicted molar refractivity (Wildman–Crippen MR) is 54.4 cm³/mol. The van der Waals surface area contributed by atoms with Crippen molar-refractivity contribution in [1.82, 2.24) is 9.97 Å². The summed E-state index contributed by atoms with van der Waals surface area (Å²) in [7, 11) is 0. The van der Waals surface area contributed by atoms with Gasteiger partial charge < -0.3 is 5.11 Å². The lowest BCUT2D eigenvalue weighted by atomic mass is 10.1. The zero-order valence-electron chi connectivity index (χ0n) is 8.09. The summed E-state index contributed by atoms with van der Waals surface area (Å²) in [6, 6.07) is 5.71. The topological polar surface area (TPSA) is 63.1 Å². The fourth-order valence-corrected chi connectivity index (χ4v) is 1.27. The number of hydrogen-bond acceptors (Lipinski definition) is 3. The molecule has 0 atom stereocenters. The van der Waals surface area contributed by atoms with Crippen molar-refractivity contribution < 1.29 is 14.3 Å². The van der Waals surface area contributed by atoms with Crippen LogP contribution in [-0.4, -0.2) is 21.0 Å². The van der Waals surface area contributed by atoms with Gasteiger partial charge in [-0.15, -0.1) is 0 Å². The summed E-state index contributed by atoms with van der Waals surface area (Å²) in [5, 5.41) is 8.78. The Morgan fingerprint density at radius 1 is 1.31 bits per heavy atom. The minimum absolute atomic E-state index is 0.0450. The highest BCUT2D eigenvalue weighted by molar-refractivity contribution is 5.88. The van der Waals surface area contributed by atoms with Crippen molar-refractivity contribution in [1.29, 1.82) is 0 Å². The molecule has 0 amide bonds. The van der Waals surface area contributed by atoms with Gasteiger partial charge in [-0.1, -0.05) is 6.07 Å². The van der Waals surface area contributed by atoms with E-state index in [1.165, 1.54) is 30.6 Å². The van der Waals surface area contributed by atoms with Crippen molar-refractivity contribution in [2.75, 3.05) is 0 Å². The van der Waals surface area contributed by atoms with Crippen molar-refractivity contribution in [3.05, 3.63) is 48.2 Å². The van der Waals surface area contributed by atoms with Gasteiger partial charge in [-0.05, 0) is 18.2 Å². The Morgan fingerprint density at radius 2 is 2.12 bits per heavy atom. The Hall–Kier alpha value is -2.30. The first-order valence-electron chi connectivity index (χ1n) is 4.48. The highest BCUT2D eigenvalue weighted by Gasteiger charge is 2.06. The molecule has 0 aromatic carbocycles. The average molecular weight is 218 g/mol. The number of hydrogen-bond donors (Lipinski definition) is 1. The van der Waals surface area contributed by atoms with E-state index in [1.807, 2.05) is 0 Å². The van der Waals surface area contributed by atoms with Crippen LogP contribution in [0.25, 0.3) is 11.3 Å². The third-order valence-electron chi connectivity index (χ3n) is 2.00. The molecular weight excluding hydrogens is 211 g/mol. The van der Waals surface area contributed by atoms with Gasteiger partial charge in [0.05, 0.1) is 11.3 Å². The second-order valence-electron chi connectivity index (χ2n) is 3.11. The molecule has 16 heavy (non-hydrogen) atoms. The van der Waals surface area contributed by atoms with E-state index in [2.05, 4.69) is 9.97 Å². The zero-order chi connectivity index (χ0) is 11.5. The molecule has 0 radical (unpaired) electrons. The molecular formula is C11H7FN2O2. The van der Waals surface area contributed by atoms with Crippen LogP contribution < -0.4 is 0 Å². The molecule has 0 bridgehead atoms. The van der Waals surface area contributed by atoms with Gasteiger partial charge in [0.1, 0.15) is 0 Å². The fraction of sp³-hybridized carbons (Fsp3) is 0. The Morgan fingerprint density at radius 3 is 2.81 bits per heavy atom. The van der Waals surface area contributed by atoms with Crippen LogP contribution in [0.15, 0.2) is 36.7 Å². The van der Waals surface area contributed by atoms with Crippen LogP contribution in [-0.2, 0) is 0 Å². The number of carboxylic acid groups (broad SMARTS) is 1. The molecule has 0 aliphatic heterocycles. The van der Waals surface area contributed by atoms with E-state index in [0.29, 0.717) is 11.3 Å². The number of carbonyl (C=O) groups is 1. The SMILES string of the molecule is O=C(O)c1cncc(-c2cccc(F)n2)c1. The molecule has 2 rings (SSSR count). The van der Waals surface area contributed by atoms with Crippen molar-refractivity contribution in [3.8, 4) is 11.3 Å². The summed E-state index contributed by atoms with van der Waals surface area (Å²) >= 11 is 0. The monoisotopic (exact) mass is 218 g/mol. The van der Waals surface area contributed by atoms with E-state index in [-0.39, 0.29) is 5.56 Å². The molecule has 0 aliphatic carbocycles. The maximum absolute atomic E-state index is 12.9. The number of carboxylic acids is 1. The Balaban J connectivity index is 2.48. The first-order chi connectivity index (χ1) is 7.66. The molecule has 2 heterocycles. The van der Waals surface area contributed by atoms with Gasteiger partial charge in [0.15, 0.2) is 0 Å². The number of pyridine rings is 2. The van der Waals surface area contributed by atoms with Gasteiger partial charge in [0.2, 0.25) is 5.95 Å². The zero-order valence-corrected chi connectivity index (χ0v) is 8.09. The highest BCUT2D eigenvalue weighted by Crippen LogP contribution is 2.17. The van der Waals surface area contributed by atoms with E-state index in [4.69, 9.17) is 5.11 Å². The number of halogens is 1. The van der Waals surface area contributed by atoms with E-state index in [9.17, 15) is 9.18 Å². The van der Waals surface area contributed by atoms with Gasteiger partial charge >= 0.3 is 5.97 Å². The summed E-state index contributed by atoms with van der Waals surface area (Å²) in [5.74, 6) is -1.69. The molecule has 0 fully saturated rings. The fourth-order valence-electron chi connectivity index (χ4n) is 1.27. The van der Waals surface area contributed by atoms with Gasteiger partial charge in [0.25, 0.3) is 0 Å². The first kappa shape index (κ1) is 10.2. The van der Waals surface area contributed by atoms with Gasteiger partial charge in [-0.3, -0.25) is 4.98 Å². The minimum Gasteiger partial charge on any atom is -0.478 e. The van der Waals surface area contributed by atoms with Crippen LogP contribution in [0.2, 0.25) is 0 Å². The predicted octanol–water partition coefficient (Wildman–Crippen LogP) is 1.98. The van der Waals surface area contributed by atoms with E-state index < -0.39 is 11.9 Å². The molecule has 0 saturated heterocycles. The summed E-state index contributed by atoms with van der Waals surface area (Å²) in [6.45, 7) is 0. The van der Waals surface area contributed by atoms with Crippen LogP contribution >= 0.6 is 0 Å². The minimum atomic E-state index is -1.08. The molecule has 0 unspecified atom stereocenters. The van der Waals surface area contributed by atoms with Crippen LogP contribution in [0.4, 0.5) is 4.39 Å². The third-order valence-corrected chi connectivity index (χ3v) is 2.00. The van der Waals surface area contributed by atoms with Crippen LogP contribution in [0.3, 0.4) is 0 Å². The van der Waals surface area contributed by atoms with Gasteiger partial charge in [0, 0.05) is 18.0 Å². The second-order valence-corrected chi connectivity index (χ2v) is 3.11. The lowest BCUT2D eigenvalue weighted by molar-refractivity contribution is 0.0696. The lowest BCUT2D eigenvalue weighted by Crippen LogP contribution is -1.98. The summed E-state index contributed by atoms with van der Waals surface area (Å²) in [5.41, 5.74) is 0.874. The van der Waals surface area contributed by atoms with E-state index in [1.54, 1.807) is 6.07 Å². The first-order valence-corrected chi connectivity index (χ1v) is 4.48. The Bertz CT molecular complexity index is 543. The van der Waals surface area contributed by atoms with Crippen molar-refractivity contribution in [2.45, 2.75) is 0 Å². The van der Waals surface area contributed by atoms with Crippen LogP contribution in [0.1, 0.15) is 10.4 Å². The number of rotatable bonds is 2. The van der Waals surface area contributed by atoms with Gasteiger partial charge in [-0.2, -0.15) is 4.39 Å². The maximum atomic E-state index is 12.9. The number of aromatic nitrogens is 2. The standard InChI is InChI=1S/C11H7FN2O2/c12-10-3-1-2-9(14-10)7-4-8(11(15)16)6-13-5-7/h1-6H,(H,15,16). The normalized spacial score (nSPS) is 10.1. The molecule has 2 aromatic rings. The quantitative estimate of drug-likeness (QED) is 0.783. The van der Waals surface area contributed by atoms with Gasteiger partial charge in [-0.25, -0.2) is 9.78 Å². The lowest BCUT2D eigenvalue weighted by Gasteiger charge is -2.01. The second kappa shape index (κ2) is 4.06. The molecule has 1 N–H and O–H groups in total.